The third-order valence-corrected chi connectivity index (χ3v) is 5.70. The van der Waals surface area contributed by atoms with E-state index in [1.54, 1.807) is 6.07 Å². The van der Waals surface area contributed by atoms with Gasteiger partial charge in [-0.1, -0.05) is 6.07 Å². The van der Waals surface area contributed by atoms with Crippen LogP contribution in [0.1, 0.15) is 5.69 Å². The third-order valence-electron chi connectivity index (χ3n) is 3.98. The van der Waals surface area contributed by atoms with E-state index >= 15 is 0 Å². The molecule has 0 aliphatic carbocycles. The molecular formula is C18H17FN4O5S. The molecule has 0 bridgehead atoms. The maximum Gasteiger partial charge on any atom is 0.404 e. The fraction of sp³-hybridized carbons (Fsp3) is 0.167. The summed E-state index contributed by atoms with van der Waals surface area (Å²) in [7, 11) is -2.69. The van der Waals surface area contributed by atoms with Crippen molar-refractivity contribution in [1.82, 2.24) is 20.1 Å². The second kappa shape index (κ2) is 8.27. The number of halogens is 1. The molecule has 29 heavy (non-hydrogen) atoms. The minimum absolute atomic E-state index is 0.0144. The lowest BCUT2D eigenvalue weighted by molar-refractivity contribution is 0.194. The maximum absolute atomic E-state index is 14.3. The van der Waals surface area contributed by atoms with Crippen LogP contribution in [-0.2, 0) is 16.3 Å². The Morgan fingerprint density at radius 1 is 1.28 bits per heavy atom. The zero-order chi connectivity index (χ0) is 21.0. The Morgan fingerprint density at radius 3 is 2.76 bits per heavy atom. The molecule has 0 fully saturated rings. The van der Waals surface area contributed by atoms with Crippen molar-refractivity contribution in [3.63, 3.8) is 0 Å². The monoisotopic (exact) mass is 420 g/mol. The van der Waals surface area contributed by atoms with E-state index < -0.39 is 21.9 Å². The Labute approximate surface area is 165 Å². The topological polar surface area (TPSA) is 123 Å². The van der Waals surface area contributed by atoms with E-state index in [4.69, 9.17) is 9.84 Å². The number of rotatable bonds is 7. The lowest BCUT2D eigenvalue weighted by Gasteiger charge is -2.09. The molecule has 0 saturated carbocycles. The van der Waals surface area contributed by atoms with Gasteiger partial charge in [0.25, 0.3) is 0 Å². The number of pyridine rings is 1. The molecule has 1 amide bonds. The summed E-state index contributed by atoms with van der Waals surface area (Å²) in [5.74, 6) is -0.552. The van der Waals surface area contributed by atoms with E-state index in [1.807, 2.05) is 0 Å². The van der Waals surface area contributed by atoms with Crippen molar-refractivity contribution in [2.24, 2.45) is 0 Å². The molecule has 2 N–H and O–H groups in total. The highest BCUT2D eigenvalue weighted by Gasteiger charge is 2.26. The lowest BCUT2D eigenvalue weighted by atomic mass is 10.3. The van der Waals surface area contributed by atoms with E-state index in [2.05, 4.69) is 15.4 Å². The summed E-state index contributed by atoms with van der Waals surface area (Å²) in [6, 6.07) is 9.94. The molecule has 11 heteroatoms. The Balaban J connectivity index is 2.11. The van der Waals surface area contributed by atoms with Crippen LogP contribution in [0.4, 0.5) is 9.18 Å². The van der Waals surface area contributed by atoms with Crippen LogP contribution >= 0.6 is 0 Å². The van der Waals surface area contributed by atoms with Crippen LogP contribution in [0.5, 0.6) is 5.75 Å². The summed E-state index contributed by atoms with van der Waals surface area (Å²) in [5.41, 5.74) is 0.120. The van der Waals surface area contributed by atoms with E-state index in [1.165, 1.54) is 49.7 Å². The predicted molar refractivity (Wildman–Crippen MR) is 99.5 cm³/mol. The van der Waals surface area contributed by atoms with Crippen molar-refractivity contribution >= 4 is 15.9 Å². The Bertz CT molecular complexity index is 1150. The molecule has 0 unspecified atom stereocenters. The van der Waals surface area contributed by atoms with Crippen LogP contribution in [0.2, 0.25) is 0 Å². The molecule has 0 aliphatic heterocycles. The summed E-state index contributed by atoms with van der Waals surface area (Å²) in [6.45, 7) is 0.0144. The molecule has 0 saturated heterocycles. The van der Waals surface area contributed by atoms with Crippen LogP contribution < -0.4 is 10.1 Å². The van der Waals surface area contributed by atoms with Gasteiger partial charge in [0.2, 0.25) is 15.8 Å². The number of sulfone groups is 1. The fourth-order valence-electron chi connectivity index (χ4n) is 2.62. The minimum atomic E-state index is -4.10. The summed E-state index contributed by atoms with van der Waals surface area (Å²) in [4.78, 5) is 14.1. The van der Waals surface area contributed by atoms with Crippen LogP contribution in [-0.4, -0.2) is 48.0 Å². The first kappa shape index (κ1) is 20.3. The quantitative estimate of drug-likeness (QED) is 0.561. The molecule has 2 heterocycles. The highest BCUT2D eigenvalue weighted by atomic mass is 32.2. The maximum atomic E-state index is 14.3. The molecule has 0 atom stereocenters. The number of hydrogen-bond acceptors (Lipinski definition) is 6. The molecule has 152 valence electrons. The Hall–Kier alpha value is -3.47. The third kappa shape index (κ3) is 4.35. The van der Waals surface area contributed by atoms with Crippen LogP contribution in [0.15, 0.2) is 58.6 Å². The standard InChI is InChI=1S/C18H17FN4O5S/c1-28-13-4-2-5-14(11-13)29(26,27)16-10-12(7-9-21-18(24)25)22-23(16)15-6-3-8-20-17(15)19/h2-6,8,10-11,21H,7,9H2,1H3,(H,24,25). The van der Waals surface area contributed by atoms with Gasteiger partial charge in [0.15, 0.2) is 5.03 Å². The highest BCUT2D eigenvalue weighted by Crippen LogP contribution is 2.27. The van der Waals surface area contributed by atoms with E-state index in [0.717, 1.165) is 4.68 Å². The van der Waals surface area contributed by atoms with Crippen molar-refractivity contribution < 1.29 is 27.4 Å². The zero-order valence-corrected chi connectivity index (χ0v) is 16.1. The van der Waals surface area contributed by atoms with Gasteiger partial charge in [-0.05, 0) is 36.4 Å². The largest absolute Gasteiger partial charge is 0.497 e. The molecule has 0 spiro atoms. The average Bonchev–Trinajstić information content (AvgIpc) is 3.13. The molecule has 0 radical (unpaired) electrons. The van der Waals surface area contributed by atoms with Gasteiger partial charge in [-0.2, -0.15) is 9.49 Å². The number of carbonyl (C=O) groups is 1. The predicted octanol–water partition coefficient (Wildman–Crippen LogP) is 2.06. The van der Waals surface area contributed by atoms with Gasteiger partial charge >= 0.3 is 6.09 Å². The van der Waals surface area contributed by atoms with Gasteiger partial charge in [0.1, 0.15) is 11.4 Å². The highest BCUT2D eigenvalue weighted by molar-refractivity contribution is 7.91. The van der Waals surface area contributed by atoms with Crippen molar-refractivity contribution in [2.45, 2.75) is 16.3 Å². The molecule has 3 aromatic rings. The first-order chi connectivity index (χ1) is 13.8. The summed E-state index contributed by atoms with van der Waals surface area (Å²) >= 11 is 0. The summed E-state index contributed by atoms with van der Waals surface area (Å²) < 4.78 is 46.8. The Kier molecular flexibility index (Phi) is 5.78. The summed E-state index contributed by atoms with van der Waals surface area (Å²) in [5, 5.41) is 14.8. The van der Waals surface area contributed by atoms with E-state index in [0.29, 0.717) is 5.75 Å². The number of aromatic nitrogens is 3. The number of nitrogens with one attached hydrogen (secondary N) is 1. The number of hydrogen-bond donors (Lipinski definition) is 2. The smallest absolute Gasteiger partial charge is 0.404 e. The second-order valence-corrected chi connectivity index (χ2v) is 7.76. The summed E-state index contributed by atoms with van der Waals surface area (Å²) in [6.07, 6.45) is 0.130. The molecular weight excluding hydrogens is 403 g/mol. The van der Waals surface area contributed by atoms with Crippen molar-refractivity contribution in [3.05, 3.63) is 60.3 Å². The molecule has 9 nitrogen and oxygen atoms in total. The SMILES string of the molecule is COc1cccc(S(=O)(=O)c2cc(CCNC(=O)O)nn2-c2cccnc2F)c1. The fourth-order valence-corrected chi connectivity index (χ4v) is 4.05. The van der Waals surface area contributed by atoms with Crippen LogP contribution in [0.3, 0.4) is 0 Å². The van der Waals surface area contributed by atoms with E-state index in [9.17, 15) is 17.6 Å². The van der Waals surface area contributed by atoms with Gasteiger partial charge in [-0.15, -0.1) is 0 Å². The number of amides is 1. The number of benzene rings is 1. The van der Waals surface area contributed by atoms with Gasteiger partial charge in [-0.3, -0.25) is 0 Å². The van der Waals surface area contributed by atoms with Crippen molar-refractivity contribution in [3.8, 4) is 11.4 Å². The van der Waals surface area contributed by atoms with Crippen molar-refractivity contribution in [1.29, 1.82) is 0 Å². The van der Waals surface area contributed by atoms with Gasteiger partial charge < -0.3 is 15.2 Å². The first-order valence-electron chi connectivity index (χ1n) is 8.38. The number of ether oxygens (including phenoxy) is 1. The molecule has 2 aromatic heterocycles. The first-order valence-corrected chi connectivity index (χ1v) is 9.87. The zero-order valence-electron chi connectivity index (χ0n) is 15.2. The van der Waals surface area contributed by atoms with Crippen LogP contribution in [0.25, 0.3) is 5.69 Å². The van der Waals surface area contributed by atoms with E-state index in [-0.39, 0.29) is 34.3 Å². The number of carboxylic acid groups (broad SMARTS) is 1. The molecule has 0 aliphatic rings. The Morgan fingerprint density at radius 2 is 2.07 bits per heavy atom. The normalized spacial score (nSPS) is 11.2. The van der Waals surface area contributed by atoms with Gasteiger partial charge in [0, 0.05) is 19.2 Å². The lowest BCUT2D eigenvalue weighted by Crippen LogP contribution is -2.23. The number of nitrogens with zero attached hydrogens (tertiary/aromatic N) is 3. The average molecular weight is 420 g/mol. The van der Waals surface area contributed by atoms with Crippen molar-refractivity contribution in [2.75, 3.05) is 13.7 Å². The van der Waals surface area contributed by atoms with Gasteiger partial charge in [-0.25, -0.2) is 22.9 Å². The number of methoxy groups -OCH3 is 1. The molecule has 3 rings (SSSR count). The molecule has 1 aromatic carbocycles. The minimum Gasteiger partial charge on any atom is -0.497 e. The van der Waals surface area contributed by atoms with Gasteiger partial charge in [0.05, 0.1) is 17.7 Å². The second-order valence-electron chi connectivity index (χ2n) is 5.86. The van der Waals surface area contributed by atoms with Crippen LogP contribution in [0, 0.1) is 5.95 Å².